The Morgan fingerprint density at radius 3 is 2.41 bits per heavy atom. The third-order valence-electron chi connectivity index (χ3n) is 4.29. The van der Waals surface area contributed by atoms with Crippen molar-refractivity contribution in [3.05, 3.63) is 35.9 Å². The zero-order valence-electron chi connectivity index (χ0n) is 14.3. The van der Waals surface area contributed by atoms with Gasteiger partial charge in [0.2, 0.25) is 0 Å². The van der Waals surface area contributed by atoms with Gasteiger partial charge in [0, 0.05) is 12.6 Å². The van der Waals surface area contributed by atoms with E-state index in [1.807, 2.05) is 43.9 Å². The first-order valence-electron chi connectivity index (χ1n) is 8.40. The second kappa shape index (κ2) is 7.17. The maximum absolute atomic E-state index is 12.7. The SMILES string of the molecule is C[C@H]1CCCC[C@H]1N(Cc1ccccc1)C(=O)OC(C)(C)C. The highest BCUT2D eigenvalue weighted by Crippen LogP contribution is 2.30. The fraction of sp³-hybridized carbons (Fsp3) is 0.632. The average Bonchev–Trinajstić information content (AvgIpc) is 2.45. The lowest BCUT2D eigenvalue weighted by atomic mass is 9.85. The number of amides is 1. The minimum atomic E-state index is -0.454. The van der Waals surface area contributed by atoms with E-state index in [4.69, 9.17) is 4.74 Å². The third kappa shape index (κ3) is 4.75. The van der Waals surface area contributed by atoms with E-state index in [9.17, 15) is 4.79 Å². The van der Waals surface area contributed by atoms with Crippen LogP contribution < -0.4 is 0 Å². The maximum Gasteiger partial charge on any atom is 0.410 e. The second-order valence-electron chi connectivity index (χ2n) is 7.42. The van der Waals surface area contributed by atoms with Crippen molar-refractivity contribution in [2.24, 2.45) is 5.92 Å². The Balaban J connectivity index is 2.17. The highest BCUT2D eigenvalue weighted by atomic mass is 16.6. The van der Waals surface area contributed by atoms with Crippen LogP contribution in [0.5, 0.6) is 0 Å². The first-order valence-corrected chi connectivity index (χ1v) is 8.40. The fourth-order valence-electron chi connectivity index (χ4n) is 3.18. The molecule has 0 saturated heterocycles. The Labute approximate surface area is 134 Å². The van der Waals surface area contributed by atoms with Crippen molar-refractivity contribution < 1.29 is 9.53 Å². The first-order chi connectivity index (χ1) is 10.4. The Hall–Kier alpha value is -1.51. The van der Waals surface area contributed by atoms with Gasteiger partial charge in [-0.25, -0.2) is 4.79 Å². The molecule has 1 amide bonds. The van der Waals surface area contributed by atoms with E-state index >= 15 is 0 Å². The summed E-state index contributed by atoms with van der Waals surface area (Å²) in [5.74, 6) is 0.532. The van der Waals surface area contributed by atoms with Crippen molar-refractivity contribution in [2.75, 3.05) is 0 Å². The van der Waals surface area contributed by atoms with Gasteiger partial charge >= 0.3 is 6.09 Å². The highest BCUT2D eigenvalue weighted by Gasteiger charge is 2.33. The molecular formula is C19H29NO2. The Kier molecular flexibility index (Phi) is 5.49. The van der Waals surface area contributed by atoms with Crippen LogP contribution in [0, 0.1) is 5.92 Å². The monoisotopic (exact) mass is 303 g/mol. The fourth-order valence-corrected chi connectivity index (χ4v) is 3.18. The van der Waals surface area contributed by atoms with Crippen LogP contribution in [0.25, 0.3) is 0 Å². The van der Waals surface area contributed by atoms with Crippen molar-refractivity contribution in [3.63, 3.8) is 0 Å². The molecule has 1 aliphatic rings. The lowest BCUT2D eigenvalue weighted by Gasteiger charge is -2.39. The molecule has 1 aromatic rings. The van der Waals surface area contributed by atoms with Gasteiger partial charge in [-0.15, -0.1) is 0 Å². The van der Waals surface area contributed by atoms with Crippen LogP contribution in [0.15, 0.2) is 30.3 Å². The van der Waals surface area contributed by atoms with Gasteiger partial charge in [0.15, 0.2) is 0 Å². The van der Waals surface area contributed by atoms with Crippen LogP contribution in [-0.2, 0) is 11.3 Å². The molecule has 1 saturated carbocycles. The molecule has 1 aliphatic carbocycles. The van der Waals surface area contributed by atoms with Crippen LogP contribution in [0.1, 0.15) is 58.9 Å². The van der Waals surface area contributed by atoms with Gasteiger partial charge in [-0.1, -0.05) is 50.1 Å². The molecule has 1 fully saturated rings. The van der Waals surface area contributed by atoms with Gasteiger partial charge in [-0.3, -0.25) is 0 Å². The summed E-state index contributed by atoms with van der Waals surface area (Å²) in [6, 6.07) is 10.5. The zero-order chi connectivity index (χ0) is 16.2. The van der Waals surface area contributed by atoms with Crippen LogP contribution in [-0.4, -0.2) is 22.6 Å². The second-order valence-corrected chi connectivity index (χ2v) is 7.42. The Morgan fingerprint density at radius 2 is 1.82 bits per heavy atom. The summed E-state index contributed by atoms with van der Waals surface area (Å²) < 4.78 is 5.66. The first kappa shape index (κ1) is 16.9. The third-order valence-corrected chi connectivity index (χ3v) is 4.29. The molecule has 1 aromatic carbocycles. The molecule has 0 radical (unpaired) electrons. The molecule has 0 unspecified atom stereocenters. The molecule has 2 atom stereocenters. The number of benzene rings is 1. The van der Waals surface area contributed by atoms with Gasteiger partial charge in [0.25, 0.3) is 0 Å². The zero-order valence-corrected chi connectivity index (χ0v) is 14.3. The molecule has 0 heterocycles. The van der Waals surface area contributed by atoms with Crippen molar-refractivity contribution in [3.8, 4) is 0 Å². The summed E-state index contributed by atoms with van der Waals surface area (Å²) in [6.45, 7) is 8.67. The lowest BCUT2D eigenvalue weighted by molar-refractivity contribution is 0.00276. The summed E-state index contributed by atoms with van der Waals surface area (Å²) in [7, 11) is 0. The van der Waals surface area contributed by atoms with Gasteiger partial charge in [-0.2, -0.15) is 0 Å². The number of ether oxygens (including phenoxy) is 1. The van der Waals surface area contributed by atoms with Crippen molar-refractivity contribution in [2.45, 2.75) is 71.6 Å². The van der Waals surface area contributed by atoms with E-state index in [0.717, 1.165) is 12.0 Å². The van der Waals surface area contributed by atoms with Gasteiger partial charge in [0.1, 0.15) is 5.60 Å². The molecule has 0 spiro atoms. The summed E-state index contributed by atoms with van der Waals surface area (Å²) in [5.41, 5.74) is 0.704. The molecule has 2 rings (SSSR count). The quantitative estimate of drug-likeness (QED) is 0.786. The van der Waals surface area contributed by atoms with Crippen LogP contribution in [0.3, 0.4) is 0 Å². The predicted octanol–water partition coefficient (Wildman–Crippen LogP) is 5.00. The number of nitrogens with zero attached hydrogens (tertiary/aromatic N) is 1. The molecule has 122 valence electrons. The molecule has 0 bridgehead atoms. The Morgan fingerprint density at radius 1 is 1.18 bits per heavy atom. The molecular weight excluding hydrogens is 274 g/mol. The van der Waals surface area contributed by atoms with Gasteiger partial charge in [-0.05, 0) is 45.1 Å². The van der Waals surface area contributed by atoms with E-state index in [2.05, 4.69) is 19.1 Å². The van der Waals surface area contributed by atoms with Crippen LogP contribution >= 0.6 is 0 Å². The van der Waals surface area contributed by atoms with E-state index in [1.54, 1.807) is 0 Å². The smallest absolute Gasteiger partial charge is 0.410 e. The number of hydrogen-bond donors (Lipinski definition) is 0. The van der Waals surface area contributed by atoms with Crippen molar-refractivity contribution >= 4 is 6.09 Å². The largest absolute Gasteiger partial charge is 0.444 e. The summed E-state index contributed by atoms with van der Waals surface area (Å²) >= 11 is 0. The van der Waals surface area contributed by atoms with Gasteiger partial charge < -0.3 is 9.64 Å². The molecule has 0 aliphatic heterocycles. The van der Waals surface area contributed by atoms with Crippen molar-refractivity contribution in [1.82, 2.24) is 4.90 Å². The van der Waals surface area contributed by atoms with Crippen LogP contribution in [0.2, 0.25) is 0 Å². The normalized spacial score (nSPS) is 22.2. The van der Waals surface area contributed by atoms with E-state index < -0.39 is 5.60 Å². The number of carbonyl (C=O) groups excluding carboxylic acids is 1. The summed E-state index contributed by atoms with van der Waals surface area (Å²) in [5, 5.41) is 0. The van der Waals surface area contributed by atoms with E-state index in [-0.39, 0.29) is 12.1 Å². The molecule has 0 N–H and O–H groups in total. The van der Waals surface area contributed by atoms with E-state index in [0.29, 0.717) is 12.5 Å². The minimum Gasteiger partial charge on any atom is -0.444 e. The minimum absolute atomic E-state index is 0.185. The summed E-state index contributed by atoms with van der Waals surface area (Å²) in [4.78, 5) is 14.7. The summed E-state index contributed by atoms with van der Waals surface area (Å²) in [6.07, 6.45) is 4.55. The van der Waals surface area contributed by atoms with Crippen LogP contribution in [0.4, 0.5) is 4.79 Å². The Bertz CT molecular complexity index is 478. The molecule has 0 aromatic heterocycles. The number of rotatable bonds is 3. The number of carbonyl (C=O) groups is 1. The maximum atomic E-state index is 12.7. The standard InChI is InChI=1S/C19H29NO2/c1-15-10-8-9-13-17(15)20(18(21)22-19(2,3)4)14-16-11-6-5-7-12-16/h5-7,11-12,15,17H,8-10,13-14H2,1-4H3/t15-,17+/m0/s1. The van der Waals surface area contributed by atoms with Gasteiger partial charge in [0.05, 0.1) is 0 Å². The lowest BCUT2D eigenvalue weighted by Crippen LogP contribution is -2.46. The van der Waals surface area contributed by atoms with Crippen molar-refractivity contribution in [1.29, 1.82) is 0 Å². The molecule has 3 nitrogen and oxygen atoms in total. The molecule has 3 heteroatoms. The average molecular weight is 303 g/mol. The number of hydrogen-bond acceptors (Lipinski definition) is 2. The predicted molar refractivity (Wildman–Crippen MR) is 89.6 cm³/mol. The highest BCUT2D eigenvalue weighted by molar-refractivity contribution is 5.68. The molecule has 22 heavy (non-hydrogen) atoms. The topological polar surface area (TPSA) is 29.5 Å². The van der Waals surface area contributed by atoms with E-state index in [1.165, 1.54) is 19.3 Å².